The third-order valence-electron chi connectivity index (χ3n) is 15.0. The molecular formula is C66H76N2. The normalized spacial score (nSPS) is 18.8. The Morgan fingerprint density at radius 2 is 1.53 bits per heavy atom. The molecule has 0 amide bonds. The van der Waals surface area contributed by atoms with E-state index in [2.05, 4.69) is 248 Å². The fraction of sp³-hybridized carbons (Fsp3) is 0.303. The van der Waals surface area contributed by atoms with E-state index in [9.17, 15) is 0 Å². The van der Waals surface area contributed by atoms with E-state index >= 15 is 0 Å². The van der Waals surface area contributed by atoms with Gasteiger partial charge in [-0.05, 0) is 153 Å². The van der Waals surface area contributed by atoms with Crippen molar-refractivity contribution < 1.29 is 0 Å². The number of allylic oxidation sites excluding steroid dienone is 18. The summed E-state index contributed by atoms with van der Waals surface area (Å²) in [4.78, 5) is 5.02. The van der Waals surface area contributed by atoms with Crippen molar-refractivity contribution in [2.24, 2.45) is 5.92 Å². The zero-order chi connectivity index (χ0) is 48.2. The summed E-state index contributed by atoms with van der Waals surface area (Å²) in [6.45, 7) is 26.5. The molecule has 2 heteroatoms. The van der Waals surface area contributed by atoms with Crippen molar-refractivity contribution in [1.29, 1.82) is 0 Å². The van der Waals surface area contributed by atoms with Crippen LogP contribution in [0.3, 0.4) is 0 Å². The monoisotopic (exact) mass is 897 g/mol. The number of benzene rings is 4. The second kappa shape index (κ2) is 23.1. The van der Waals surface area contributed by atoms with Crippen LogP contribution >= 0.6 is 0 Å². The first-order valence-electron chi connectivity index (χ1n) is 25.6. The molecule has 2 nitrogen and oxygen atoms in total. The van der Waals surface area contributed by atoms with E-state index in [1.807, 2.05) is 12.2 Å². The molecule has 0 fully saturated rings. The molecule has 0 N–H and O–H groups in total. The molecule has 0 heterocycles. The van der Waals surface area contributed by atoms with Crippen molar-refractivity contribution >= 4 is 16.9 Å². The SMILES string of the molecule is C=C/C=C\C=C(/C)N(/C(CC)=C(/C=C\C)c1ccc(C(CCC)C(C=C)N(C(/C=C\C)=C/C)c2ccc3c(c2)C(CC)(CC)c2ccccc2-3)cc1)c1ccc(C2C=CC=C3C=CCCC32)cc1. The zero-order valence-corrected chi connectivity index (χ0v) is 42.4. The van der Waals surface area contributed by atoms with Gasteiger partial charge in [0.2, 0.25) is 0 Å². The molecule has 0 aliphatic heterocycles. The predicted molar refractivity (Wildman–Crippen MR) is 298 cm³/mol. The molecule has 0 saturated carbocycles. The van der Waals surface area contributed by atoms with E-state index in [1.165, 1.54) is 73.6 Å². The summed E-state index contributed by atoms with van der Waals surface area (Å²) in [6.07, 6.45) is 40.5. The summed E-state index contributed by atoms with van der Waals surface area (Å²) in [5, 5.41) is 0. The maximum absolute atomic E-state index is 4.59. The number of anilines is 2. The highest BCUT2D eigenvalue weighted by Crippen LogP contribution is 2.54. The molecule has 3 aliphatic rings. The molecule has 0 bridgehead atoms. The topological polar surface area (TPSA) is 6.48 Å². The number of hydrogen-bond donors (Lipinski definition) is 0. The van der Waals surface area contributed by atoms with Crippen LogP contribution in [0.2, 0.25) is 0 Å². The Kier molecular flexibility index (Phi) is 16.8. The summed E-state index contributed by atoms with van der Waals surface area (Å²) in [6, 6.07) is 35.2. The smallest absolute Gasteiger partial charge is 0.0588 e. The van der Waals surface area contributed by atoms with Gasteiger partial charge < -0.3 is 9.80 Å². The Morgan fingerprint density at radius 1 is 0.809 bits per heavy atom. The largest absolute Gasteiger partial charge is 0.334 e. The number of rotatable bonds is 20. The molecule has 350 valence electrons. The minimum atomic E-state index is -0.0147. The summed E-state index contributed by atoms with van der Waals surface area (Å²) in [7, 11) is 0. The van der Waals surface area contributed by atoms with Gasteiger partial charge in [0.15, 0.2) is 0 Å². The third kappa shape index (κ3) is 9.80. The van der Waals surface area contributed by atoms with Crippen LogP contribution in [-0.4, -0.2) is 6.04 Å². The highest BCUT2D eigenvalue weighted by Gasteiger charge is 2.41. The predicted octanol–water partition coefficient (Wildman–Crippen LogP) is 18.6. The third-order valence-corrected chi connectivity index (χ3v) is 15.0. The van der Waals surface area contributed by atoms with Gasteiger partial charge in [-0.1, -0.05) is 186 Å². The molecule has 68 heavy (non-hydrogen) atoms. The molecule has 0 aromatic heterocycles. The van der Waals surface area contributed by atoms with E-state index < -0.39 is 0 Å². The lowest BCUT2D eigenvalue weighted by Crippen LogP contribution is -2.38. The molecule has 0 radical (unpaired) electrons. The number of nitrogens with zero attached hydrogens (tertiary/aromatic N) is 2. The van der Waals surface area contributed by atoms with E-state index in [4.69, 9.17) is 0 Å². The molecule has 4 unspecified atom stereocenters. The quantitative estimate of drug-likeness (QED) is 0.0644. The fourth-order valence-corrected chi connectivity index (χ4v) is 11.7. The average molecular weight is 897 g/mol. The highest BCUT2D eigenvalue weighted by molar-refractivity contribution is 5.84. The van der Waals surface area contributed by atoms with Gasteiger partial charge in [0, 0.05) is 51.3 Å². The highest BCUT2D eigenvalue weighted by atomic mass is 15.2. The summed E-state index contributed by atoms with van der Waals surface area (Å²) in [5.41, 5.74) is 18.2. The Morgan fingerprint density at radius 3 is 2.19 bits per heavy atom. The first kappa shape index (κ1) is 49.5. The molecule has 3 aliphatic carbocycles. The average Bonchev–Trinajstić information content (AvgIpc) is 3.67. The molecule has 7 rings (SSSR count). The van der Waals surface area contributed by atoms with Crippen LogP contribution in [0, 0.1) is 5.92 Å². The van der Waals surface area contributed by atoms with Crippen molar-refractivity contribution in [3.05, 3.63) is 246 Å². The molecule has 4 aromatic rings. The van der Waals surface area contributed by atoms with Crippen LogP contribution in [0.4, 0.5) is 11.4 Å². The lowest BCUT2D eigenvalue weighted by Gasteiger charge is -2.39. The number of fused-ring (bicyclic) bond motifs is 4. The molecule has 0 saturated heterocycles. The zero-order valence-electron chi connectivity index (χ0n) is 42.4. The van der Waals surface area contributed by atoms with Gasteiger partial charge in [0.1, 0.15) is 0 Å². The van der Waals surface area contributed by atoms with Crippen LogP contribution in [0.5, 0.6) is 0 Å². The summed E-state index contributed by atoms with van der Waals surface area (Å²) >= 11 is 0. The maximum Gasteiger partial charge on any atom is 0.0588 e. The Bertz CT molecular complexity index is 2680. The Balaban J connectivity index is 1.29. The summed E-state index contributed by atoms with van der Waals surface area (Å²) in [5.74, 6) is 1.12. The van der Waals surface area contributed by atoms with Crippen LogP contribution in [0.25, 0.3) is 16.7 Å². The van der Waals surface area contributed by atoms with E-state index in [0.29, 0.717) is 11.8 Å². The van der Waals surface area contributed by atoms with Gasteiger partial charge in [0.25, 0.3) is 0 Å². The maximum atomic E-state index is 4.59. The standard InChI is InChI=1S/C66H76N2/c1-11-20-21-30-48(10)67(54-43-41-50(42-44-54)57-35-26-32-49-31-22-23-33-56(49)57)64(16-6)58(28-13-3)51-37-39-52(40-38-51)59(29-14-4)65(17-7)68(53(15-5)27-12-2)55-45-46-61-60-34-24-25-36-62(60)66(18-8,19-9)63(61)47-55/h11-13,15,17,20-22,24-28,30-32,34-47,56-57,59,65H,1,7,14,16,18-19,23,29,33H2,2-6,8-10H3/b21-20-,27-12-,28-13-,48-30+,53-15+,64-58-. The van der Waals surface area contributed by atoms with Crippen molar-refractivity contribution in [2.45, 2.75) is 124 Å². The minimum Gasteiger partial charge on any atom is -0.334 e. The van der Waals surface area contributed by atoms with Gasteiger partial charge >= 0.3 is 0 Å². The van der Waals surface area contributed by atoms with E-state index in [1.54, 1.807) is 0 Å². The lowest BCUT2D eigenvalue weighted by molar-refractivity contribution is 0.490. The van der Waals surface area contributed by atoms with E-state index in [-0.39, 0.29) is 17.4 Å². The van der Waals surface area contributed by atoms with Crippen molar-refractivity contribution in [3.63, 3.8) is 0 Å². The first-order valence-corrected chi connectivity index (χ1v) is 25.6. The number of hydrogen-bond acceptors (Lipinski definition) is 2. The molecule has 4 atom stereocenters. The van der Waals surface area contributed by atoms with Crippen molar-refractivity contribution in [2.75, 3.05) is 9.80 Å². The fourth-order valence-electron chi connectivity index (χ4n) is 11.7. The van der Waals surface area contributed by atoms with Gasteiger partial charge in [-0.25, -0.2) is 0 Å². The van der Waals surface area contributed by atoms with Gasteiger partial charge in [-0.2, -0.15) is 0 Å². The summed E-state index contributed by atoms with van der Waals surface area (Å²) < 4.78 is 0. The molecule has 4 aromatic carbocycles. The van der Waals surface area contributed by atoms with E-state index in [0.717, 1.165) is 49.9 Å². The second-order valence-corrected chi connectivity index (χ2v) is 18.6. The second-order valence-electron chi connectivity index (χ2n) is 18.6. The van der Waals surface area contributed by atoms with Crippen molar-refractivity contribution in [1.82, 2.24) is 0 Å². The van der Waals surface area contributed by atoms with Crippen LogP contribution in [0.1, 0.15) is 140 Å². The van der Waals surface area contributed by atoms with Crippen LogP contribution < -0.4 is 9.80 Å². The minimum absolute atomic E-state index is 0.00981. The molecule has 0 spiro atoms. The van der Waals surface area contributed by atoms with Gasteiger partial charge in [-0.15, -0.1) is 6.58 Å². The van der Waals surface area contributed by atoms with Gasteiger partial charge in [0.05, 0.1) is 6.04 Å². The van der Waals surface area contributed by atoms with Gasteiger partial charge in [-0.3, -0.25) is 0 Å². The Hall–Kier alpha value is -6.38. The molecular weight excluding hydrogens is 821 g/mol. The lowest BCUT2D eigenvalue weighted by atomic mass is 9.74. The van der Waals surface area contributed by atoms with Crippen LogP contribution in [0.15, 0.2) is 218 Å². The first-order chi connectivity index (χ1) is 33.3. The van der Waals surface area contributed by atoms with Crippen molar-refractivity contribution in [3.8, 4) is 11.1 Å². The Labute approximate surface area is 411 Å². The van der Waals surface area contributed by atoms with Crippen LogP contribution in [-0.2, 0) is 5.41 Å².